The second kappa shape index (κ2) is 18.2. The number of anilines is 2. The fraction of sp³-hybridized carbons (Fsp3) is 0.172. The molecule has 2 aromatic heterocycles. The summed E-state index contributed by atoms with van der Waals surface area (Å²) in [6, 6.07) is 54.2. The minimum Gasteiger partial charge on any atom is -1.00 e. The predicted molar refractivity (Wildman–Crippen MR) is 272 cm³/mol. The standard InChI is InChI=1S/C58H52N4Se2.2BrH/c1-57(45-21-11-13-23-47(45)59(3)51(57)25-15-27-53-61(5)49-35-33-41-17-7-9-19-43(41)55(49)63-53)37-39-29-31-40(32-30-39)38-58(2)46-22-12-14-24-48(46)60(4)52(58)26-16-28-54-62(6)50-36-34-42-18-8-10-20-44(42)56(50)64-54;;/h7-36H,37-38H2,1-6H3;2*1H/q+2;;/p-2. The normalized spacial score (nSPS) is 19.2. The maximum absolute atomic E-state index is 2.43. The second-order valence-corrected chi connectivity index (χ2v) is 22.4. The van der Waals surface area contributed by atoms with Gasteiger partial charge in [0.2, 0.25) is 0 Å². The molecule has 0 aliphatic carbocycles. The molecule has 66 heavy (non-hydrogen) atoms. The van der Waals surface area contributed by atoms with Crippen LogP contribution in [-0.4, -0.2) is 43.1 Å². The number of allylic oxidation sites excluding steroid dienone is 6. The van der Waals surface area contributed by atoms with E-state index in [9.17, 15) is 0 Å². The third kappa shape index (κ3) is 7.64. The number of para-hydroxylation sites is 2. The summed E-state index contributed by atoms with van der Waals surface area (Å²) in [6.07, 6.45) is 15.9. The van der Waals surface area contributed by atoms with Crippen molar-refractivity contribution in [3.05, 3.63) is 213 Å². The summed E-state index contributed by atoms with van der Waals surface area (Å²) in [5.41, 5.74) is 13.0. The number of aryl methyl sites for hydroxylation is 2. The van der Waals surface area contributed by atoms with Gasteiger partial charge in [0.25, 0.3) is 0 Å². The monoisotopic (exact) mass is 1120 g/mol. The number of fused-ring (bicyclic) bond motifs is 8. The molecule has 0 saturated carbocycles. The summed E-state index contributed by atoms with van der Waals surface area (Å²) in [5.74, 6) is 0. The minimum atomic E-state index is -0.184. The van der Waals surface area contributed by atoms with Gasteiger partial charge < -0.3 is 34.0 Å². The van der Waals surface area contributed by atoms with Gasteiger partial charge in [-0.05, 0) is 0 Å². The first-order valence-electron chi connectivity index (χ1n) is 22.2. The Hall–Kier alpha value is -5.04. The van der Waals surface area contributed by atoms with E-state index in [2.05, 4.69) is 243 Å². The Balaban J connectivity index is 0.00000274. The maximum Gasteiger partial charge on any atom is -1.00 e. The van der Waals surface area contributed by atoms with E-state index in [4.69, 9.17) is 0 Å². The van der Waals surface area contributed by atoms with Gasteiger partial charge in [-0.25, -0.2) is 0 Å². The minimum absolute atomic E-state index is 0. The third-order valence-corrected chi connectivity index (χ3v) is 19.5. The number of hydrogen-bond acceptors (Lipinski definition) is 2. The van der Waals surface area contributed by atoms with Crippen molar-refractivity contribution in [3.8, 4) is 0 Å². The maximum atomic E-state index is 2.43. The summed E-state index contributed by atoms with van der Waals surface area (Å²) in [5, 5.41) is 5.40. The van der Waals surface area contributed by atoms with Gasteiger partial charge >= 0.3 is 391 Å². The van der Waals surface area contributed by atoms with Crippen LogP contribution in [0.25, 0.3) is 53.3 Å². The molecule has 0 N–H and O–H groups in total. The van der Waals surface area contributed by atoms with Gasteiger partial charge in [-0.1, -0.05) is 0 Å². The molecule has 4 heterocycles. The molecule has 2 atom stereocenters. The number of halogens is 2. The smallest absolute Gasteiger partial charge is 1.00 e. The Kier molecular flexibility index (Phi) is 12.7. The zero-order valence-corrected chi connectivity index (χ0v) is 44.7. The molecule has 2 aliphatic rings. The molecular formula is C58H52Br2N4Se2. The molecule has 0 spiro atoms. The van der Waals surface area contributed by atoms with Gasteiger partial charge in [-0.15, -0.1) is 0 Å². The summed E-state index contributed by atoms with van der Waals surface area (Å²) < 4.78 is 10.5. The molecule has 9 aromatic rings. The van der Waals surface area contributed by atoms with E-state index in [-0.39, 0.29) is 73.8 Å². The van der Waals surface area contributed by atoms with Crippen LogP contribution in [0.3, 0.4) is 0 Å². The van der Waals surface area contributed by atoms with Crippen LogP contribution in [0.2, 0.25) is 0 Å². The summed E-state index contributed by atoms with van der Waals surface area (Å²) in [6.45, 7) is 4.87. The molecule has 0 radical (unpaired) electrons. The van der Waals surface area contributed by atoms with Crippen LogP contribution in [0.15, 0.2) is 181 Å². The van der Waals surface area contributed by atoms with Gasteiger partial charge in [-0.2, -0.15) is 0 Å². The van der Waals surface area contributed by atoms with Gasteiger partial charge in [0, 0.05) is 0 Å². The number of aromatic nitrogens is 2. The van der Waals surface area contributed by atoms with Crippen molar-refractivity contribution in [2.45, 2.75) is 37.5 Å². The molecule has 0 fully saturated rings. The van der Waals surface area contributed by atoms with Crippen LogP contribution in [0, 0.1) is 0 Å². The van der Waals surface area contributed by atoms with Crippen LogP contribution in [0.1, 0.15) is 45.2 Å². The number of hydrogen-bond donors (Lipinski definition) is 0. The number of likely N-dealkylation sites (N-methyl/N-ethyl adjacent to an activating group) is 2. The van der Waals surface area contributed by atoms with Crippen molar-refractivity contribution in [1.29, 1.82) is 0 Å². The summed E-state index contributed by atoms with van der Waals surface area (Å²) >= 11 is 0.483. The molecule has 0 bridgehead atoms. The quantitative estimate of drug-likeness (QED) is 0.154. The number of benzene rings is 7. The zero-order valence-electron chi connectivity index (χ0n) is 38.1. The van der Waals surface area contributed by atoms with Crippen LogP contribution < -0.4 is 52.9 Å². The van der Waals surface area contributed by atoms with E-state index >= 15 is 0 Å². The molecule has 0 amide bonds. The molecule has 4 nitrogen and oxygen atoms in total. The summed E-state index contributed by atoms with van der Waals surface area (Å²) in [7, 11) is 8.90. The Morgan fingerprint density at radius 2 is 0.864 bits per heavy atom. The molecule has 2 aliphatic heterocycles. The zero-order chi connectivity index (χ0) is 43.7. The largest absolute Gasteiger partial charge is 1.00 e. The SMILES string of the molecule is CN1C(=CC=Cc2[se]c3c4ccccc4ccc3[n+]2C)C(C)(Cc2ccc(CC3(C)C(=CC=Cc4[se]c5c6ccccc6ccc5[n+]4C)N(C)c4ccccc43)cc2)c2ccccc21.[Br-].[Br-]. The second-order valence-electron chi connectivity index (χ2n) is 18.1. The van der Waals surface area contributed by atoms with Crippen LogP contribution in [0.5, 0.6) is 0 Å². The van der Waals surface area contributed by atoms with E-state index in [0.29, 0.717) is 0 Å². The number of rotatable bonds is 8. The Labute approximate surface area is 421 Å². The van der Waals surface area contributed by atoms with Gasteiger partial charge in [0.15, 0.2) is 0 Å². The van der Waals surface area contributed by atoms with Crippen LogP contribution in [-0.2, 0) is 37.8 Å². The van der Waals surface area contributed by atoms with Crippen molar-refractivity contribution in [2.24, 2.45) is 14.1 Å². The van der Waals surface area contributed by atoms with Gasteiger partial charge in [0.1, 0.15) is 0 Å². The van der Waals surface area contributed by atoms with Crippen LogP contribution in [0.4, 0.5) is 11.4 Å². The van der Waals surface area contributed by atoms with Crippen molar-refractivity contribution >= 4 is 93.6 Å². The van der Waals surface area contributed by atoms with E-state index < -0.39 is 0 Å². The molecular weight excluding hydrogens is 1070 g/mol. The fourth-order valence-corrected chi connectivity index (χ4v) is 15.8. The molecule has 8 heteroatoms. The predicted octanol–water partition coefficient (Wildman–Crippen LogP) is 5.17. The number of nitrogens with zero attached hydrogens (tertiary/aromatic N) is 4. The molecule has 330 valence electrons. The molecule has 2 unspecified atom stereocenters. The molecule has 7 aromatic carbocycles. The van der Waals surface area contributed by atoms with E-state index in [1.807, 2.05) is 0 Å². The van der Waals surface area contributed by atoms with Gasteiger partial charge in [0.05, 0.1) is 0 Å². The fourth-order valence-electron chi connectivity index (χ4n) is 10.8. The molecule has 11 rings (SSSR count). The van der Waals surface area contributed by atoms with Crippen molar-refractivity contribution in [1.82, 2.24) is 0 Å². The van der Waals surface area contributed by atoms with E-state index in [1.165, 1.54) is 95.3 Å². The topological polar surface area (TPSA) is 14.2 Å². The van der Waals surface area contributed by atoms with Crippen molar-refractivity contribution in [3.63, 3.8) is 0 Å². The van der Waals surface area contributed by atoms with Crippen molar-refractivity contribution in [2.75, 3.05) is 23.9 Å². The van der Waals surface area contributed by atoms with Gasteiger partial charge in [-0.3, -0.25) is 0 Å². The molecule has 0 saturated heterocycles. The Morgan fingerprint density at radius 1 is 0.485 bits per heavy atom. The average Bonchev–Trinajstić information content (AvgIpc) is 3.96. The first-order valence-corrected chi connectivity index (χ1v) is 25.7. The first kappa shape index (κ1) is 46.1. The summed E-state index contributed by atoms with van der Waals surface area (Å²) in [4.78, 5) is 4.82. The van der Waals surface area contributed by atoms with Crippen molar-refractivity contribution < 1.29 is 43.1 Å². The average molecular weight is 1120 g/mol. The Morgan fingerprint density at radius 3 is 1.29 bits per heavy atom. The van der Waals surface area contributed by atoms with Crippen LogP contribution >= 0.6 is 0 Å². The van der Waals surface area contributed by atoms with E-state index in [1.54, 1.807) is 0 Å². The van der Waals surface area contributed by atoms with E-state index in [0.717, 1.165) is 12.8 Å². The Bertz CT molecular complexity index is 3220. The first-order chi connectivity index (χ1) is 31.1. The third-order valence-electron chi connectivity index (χ3n) is 14.2.